The SMILES string of the molecule is CCc1ccc2oc3c(c(=O)c2c1)C(c1ccc(OC)c(OC)c1)N(c1nccs1)C3=O. The van der Waals surface area contributed by atoms with Gasteiger partial charge in [-0.3, -0.25) is 14.5 Å². The smallest absolute Gasteiger partial charge is 0.297 e. The third-order valence-corrected chi connectivity index (χ3v) is 6.46. The summed E-state index contributed by atoms with van der Waals surface area (Å²) >= 11 is 1.32. The molecule has 162 valence electrons. The predicted molar refractivity (Wildman–Crippen MR) is 122 cm³/mol. The Balaban J connectivity index is 1.80. The molecule has 0 radical (unpaired) electrons. The molecule has 1 aliphatic heterocycles. The molecule has 1 atom stereocenters. The van der Waals surface area contributed by atoms with Gasteiger partial charge < -0.3 is 13.9 Å². The number of carbonyl (C=O) groups excluding carboxylic acids is 1. The van der Waals surface area contributed by atoms with Crippen LogP contribution in [0.1, 0.15) is 40.2 Å². The van der Waals surface area contributed by atoms with Crippen molar-refractivity contribution in [1.82, 2.24) is 4.98 Å². The summed E-state index contributed by atoms with van der Waals surface area (Å²) in [6.07, 6.45) is 2.41. The Morgan fingerprint density at radius 3 is 2.59 bits per heavy atom. The number of hydrogen-bond donors (Lipinski definition) is 0. The molecule has 2 aromatic heterocycles. The van der Waals surface area contributed by atoms with Crippen molar-refractivity contribution in [3.8, 4) is 11.5 Å². The average Bonchev–Trinajstić information content (AvgIpc) is 3.45. The van der Waals surface area contributed by atoms with E-state index in [1.807, 2.05) is 25.1 Å². The third kappa shape index (κ3) is 2.98. The molecule has 0 saturated carbocycles. The van der Waals surface area contributed by atoms with Gasteiger partial charge in [0.25, 0.3) is 5.91 Å². The molecule has 5 rings (SSSR count). The molecular weight excluding hydrogens is 428 g/mol. The standard InChI is InChI=1S/C24H20N2O5S/c1-4-13-5-7-16-15(11-13)21(27)19-20(14-6-8-17(29-2)18(12-14)30-3)26(23(28)22(19)31-16)24-25-9-10-32-24/h5-12,20H,4H2,1-3H3. The van der Waals surface area contributed by atoms with Crippen LogP contribution in [0.15, 0.2) is 57.2 Å². The number of amides is 1. The summed E-state index contributed by atoms with van der Waals surface area (Å²) in [6, 6.07) is 10.1. The summed E-state index contributed by atoms with van der Waals surface area (Å²) in [7, 11) is 3.10. The quantitative estimate of drug-likeness (QED) is 0.445. The molecule has 32 heavy (non-hydrogen) atoms. The van der Waals surface area contributed by atoms with Crippen molar-refractivity contribution >= 4 is 33.3 Å². The second-order valence-corrected chi connectivity index (χ2v) is 8.24. The van der Waals surface area contributed by atoms with Gasteiger partial charge in [0.15, 0.2) is 22.1 Å². The molecule has 0 bridgehead atoms. The molecule has 1 amide bonds. The minimum Gasteiger partial charge on any atom is -0.493 e. The lowest BCUT2D eigenvalue weighted by atomic mass is 9.97. The number of anilines is 1. The molecule has 1 unspecified atom stereocenters. The Kier molecular flexibility index (Phi) is 4.94. The van der Waals surface area contributed by atoms with E-state index in [0.717, 1.165) is 12.0 Å². The van der Waals surface area contributed by atoms with Gasteiger partial charge >= 0.3 is 0 Å². The largest absolute Gasteiger partial charge is 0.493 e. The summed E-state index contributed by atoms with van der Waals surface area (Å²) in [5.41, 5.74) is 2.20. The zero-order chi connectivity index (χ0) is 22.4. The summed E-state index contributed by atoms with van der Waals surface area (Å²) in [4.78, 5) is 33.0. The van der Waals surface area contributed by atoms with Crippen molar-refractivity contribution < 1.29 is 18.7 Å². The fourth-order valence-electron chi connectivity index (χ4n) is 4.11. The Morgan fingerprint density at radius 1 is 1.09 bits per heavy atom. The zero-order valence-corrected chi connectivity index (χ0v) is 18.6. The van der Waals surface area contributed by atoms with Crippen molar-refractivity contribution in [3.63, 3.8) is 0 Å². The van der Waals surface area contributed by atoms with Crippen molar-refractivity contribution in [3.05, 3.63) is 80.6 Å². The van der Waals surface area contributed by atoms with E-state index < -0.39 is 11.9 Å². The lowest BCUT2D eigenvalue weighted by Gasteiger charge is -2.23. The number of nitrogens with zero attached hydrogens (tertiary/aromatic N) is 2. The number of aryl methyl sites for hydroxylation is 1. The van der Waals surface area contributed by atoms with E-state index in [1.165, 1.54) is 16.2 Å². The number of thiazole rings is 1. The summed E-state index contributed by atoms with van der Waals surface area (Å²) < 4.78 is 16.8. The monoisotopic (exact) mass is 448 g/mol. The molecule has 3 heterocycles. The number of fused-ring (bicyclic) bond motifs is 2. The molecule has 0 fully saturated rings. The zero-order valence-electron chi connectivity index (χ0n) is 17.7. The second-order valence-electron chi connectivity index (χ2n) is 7.36. The van der Waals surface area contributed by atoms with Crippen LogP contribution in [-0.2, 0) is 6.42 Å². The number of aromatic nitrogens is 1. The third-order valence-electron chi connectivity index (χ3n) is 5.69. The van der Waals surface area contributed by atoms with E-state index >= 15 is 0 Å². The van der Waals surface area contributed by atoms with Crippen molar-refractivity contribution in [1.29, 1.82) is 0 Å². The first-order chi connectivity index (χ1) is 15.6. The number of methoxy groups -OCH3 is 2. The van der Waals surface area contributed by atoms with E-state index in [4.69, 9.17) is 13.9 Å². The fraction of sp³-hybridized carbons (Fsp3) is 0.208. The first kappa shape index (κ1) is 20.3. The maximum absolute atomic E-state index is 13.7. The number of rotatable bonds is 5. The van der Waals surface area contributed by atoms with Gasteiger partial charge in [-0.25, -0.2) is 4.98 Å². The number of hydrogen-bond acceptors (Lipinski definition) is 7. The van der Waals surface area contributed by atoms with Crippen molar-refractivity contribution in [2.24, 2.45) is 0 Å². The number of benzene rings is 2. The Labute approximate surface area is 187 Å². The van der Waals surface area contributed by atoms with Gasteiger partial charge in [-0.1, -0.05) is 19.1 Å². The molecule has 8 heteroatoms. The predicted octanol–water partition coefficient (Wildman–Crippen LogP) is 4.58. The molecule has 0 aliphatic carbocycles. The van der Waals surface area contributed by atoms with Crippen LogP contribution in [0, 0.1) is 0 Å². The van der Waals surface area contributed by atoms with Crippen LogP contribution in [0.2, 0.25) is 0 Å². The molecule has 2 aromatic carbocycles. The van der Waals surface area contributed by atoms with Crippen LogP contribution in [0.3, 0.4) is 0 Å². The van der Waals surface area contributed by atoms with Crippen LogP contribution in [0.4, 0.5) is 5.13 Å². The van der Waals surface area contributed by atoms with Gasteiger partial charge in [-0.15, -0.1) is 11.3 Å². The molecule has 0 N–H and O–H groups in total. The Hall–Kier alpha value is -3.65. The lowest BCUT2D eigenvalue weighted by molar-refractivity contribution is 0.0971. The summed E-state index contributed by atoms with van der Waals surface area (Å²) in [6.45, 7) is 2.02. The number of carbonyl (C=O) groups is 1. The molecule has 7 nitrogen and oxygen atoms in total. The van der Waals surface area contributed by atoms with Crippen LogP contribution < -0.4 is 19.8 Å². The summed E-state index contributed by atoms with van der Waals surface area (Å²) in [5.74, 6) is 0.707. The van der Waals surface area contributed by atoms with Crippen LogP contribution in [-0.4, -0.2) is 25.1 Å². The van der Waals surface area contributed by atoms with Crippen LogP contribution >= 0.6 is 11.3 Å². The molecule has 4 aromatic rings. The van der Waals surface area contributed by atoms with Crippen molar-refractivity contribution in [2.45, 2.75) is 19.4 Å². The Morgan fingerprint density at radius 2 is 1.91 bits per heavy atom. The van der Waals surface area contributed by atoms with E-state index in [0.29, 0.717) is 38.7 Å². The van der Waals surface area contributed by atoms with E-state index in [1.54, 1.807) is 44.0 Å². The minimum absolute atomic E-state index is 0.0433. The maximum Gasteiger partial charge on any atom is 0.297 e. The van der Waals surface area contributed by atoms with Crippen LogP contribution in [0.5, 0.6) is 11.5 Å². The second kappa shape index (κ2) is 7.80. The highest BCUT2D eigenvalue weighted by Gasteiger charge is 2.45. The number of ether oxygens (including phenoxy) is 2. The molecule has 0 saturated heterocycles. The molecular formula is C24H20N2O5S. The average molecular weight is 449 g/mol. The Bertz CT molecular complexity index is 1390. The highest BCUT2D eigenvalue weighted by molar-refractivity contribution is 7.13. The highest BCUT2D eigenvalue weighted by Crippen LogP contribution is 2.43. The topological polar surface area (TPSA) is 81.9 Å². The van der Waals surface area contributed by atoms with Gasteiger partial charge in [0.1, 0.15) is 5.58 Å². The molecule has 0 spiro atoms. The lowest BCUT2D eigenvalue weighted by Crippen LogP contribution is -2.29. The maximum atomic E-state index is 13.7. The van der Waals surface area contributed by atoms with Crippen molar-refractivity contribution in [2.75, 3.05) is 19.1 Å². The summed E-state index contributed by atoms with van der Waals surface area (Å²) in [5, 5.41) is 2.73. The normalized spacial score (nSPS) is 15.3. The van der Waals surface area contributed by atoms with Gasteiger partial charge in [-0.2, -0.15) is 0 Å². The highest BCUT2D eigenvalue weighted by atomic mass is 32.1. The minimum atomic E-state index is -0.700. The molecule has 1 aliphatic rings. The van der Waals surface area contributed by atoms with E-state index in [2.05, 4.69) is 4.98 Å². The van der Waals surface area contributed by atoms with Gasteiger partial charge in [0.2, 0.25) is 5.76 Å². The van der Waals surface area contributed by atoms with E-state index in [-0.39, 0.29) is 11.2 Å². The van der Waals surface area contributed by atoms with E-state index in [9.17, 15) is 9.59 Å². The first-order valence-corrected chi connectivity index (χ1v) is 11.0. The van der Waals surface area contributed by atoms with Gasteiger partial charge in [-0.05, 0) is 41.8 Å². The van der Waals surface area contributed by atoms with Gasteiger partial charge in [0.05, 0.1) is 31.2 Å². The fourth-order valence-corrected chi connectivity index (χ4v) is 4.78. The van der Waals surface area contributed by atoms with Gasteiger partial charge in [0, 0.05) is 11.6 Å². The first-order valence-electron chi connectivity index (χ1n) is 10.1. The van der Waals surface area contributed by atoms with Crippen LogP contribution in [0.25, 0.3) is 11.0 Å².